The SMILES string of the molecule is c1ccc(Cc2sc(-c3ccccc3)c3c2Nc2ccccc2SC3c2ccccc2)cc1. The predicted molar refractivity (Wildman–Crippen MR) is 143 cm³/mol. The van der Waals surface area contributed by atoms with Gasteiger partial charge in [-0.25, -0.2) is 0 Å². The average Bonchev–Trinajstić information content (AvgIpc) is 3.12. The van der Waals surface area contributed by atoms with Crippen LogP contribution in [0.25, 0.3) is 10.4 Å². The molecule has 1 aliphatic rings. The number of para-hydroxylation sites is 1. The van der Waals surface area contributed by atoms with E-state index in [0.29, 0.717) is 0 Å². The van der Waals surface area contributed by atoms with Crippen LogP contribution in [0.5, 0.6) is 0 Å². The highest BCUT2D eigenvalue weighted by Gasteiger charge is 2.31. The van der Waals surface area contributed by atoms with Crippen LogP contribution in [-0.4, -0.2) is 0 Å². The lowest BCUT2D eigenvalue weighted by molar-refractivity contribution is 1.16. The molecule has 0 radical (unpaired) electrons. The molecule has 1 aromatic heterocycles. The Morgan fingerprint density at radius 3 is 2.06 bits per heavy atom. The van der Waals surface area contributed by atoms with Crippen molar-refractivity contribution in [2.45, 2.75) is 16.6 Å². The first-order valence-electron chi connectivity index (χ1n) is 11.2. The molecule has 4 aromatic carbocycles. The summed E-state index contributed by atoms with van der Waals surface area (Å²) < 4.78 is 0. The predicted octanol–water partition coefficient (Wildman–Crippen LogP) is 8.94. The summed E-state index contributed by atoms with van der Waals surface area (Å²) in [5.41, 5.74) is 7.81. The summed E-state index contributed by atoms with van der Waals surface area (Å²) >= 11 is 3.88. The molecule has 1 N–H and O–H groups in total. The first kappa shape index (κ1) is 20.3. The van der Waals surface area contributed by atoms with Crippen molar-refractivity contribution >= 4 is 34.5 Å². The van der Waals surface area contributed by atoms with E-state index in [4.69, 9.17) is 0 Å². The molecule has 2 heterocycles. The van der Waals surface area contributed by atoms with Crippen LogP contribution in [0.4, 0.5) is 11.4 Å². The largest absolute Gasteiger partial charge is 0.353 e. The molecule has 1 atom stereocenters. The van der Waals surface area contributed by atoms with Crippen molar-refractivity contribution in [2.24, 2.45) is 0 Å². The molecule has 1 unspecified atom stereocenters. The maximum Gasteiger partial charge on any atom is 0.0629 e. The number of fused-ring (bicyclic) bond motifs is 2. The zero-order valence-corrected chi connectivity index (χ0v) is 19.7. The molecular formula is C30H23NS2. The third-order valence-electron chi connectivity index (χ3n) is 6.02. The smallest absolute Gasteiger partial charge is 0.0629 e. The molecule has 0 saturated carbocycles. The molecule has 0 fully saturated rings. The van der Waals surface area contributed by atoms with Gasteiger partial charge in [0.2, 0.25) is 0 Å². The van der Waals surface area contributed by atoms with Crippen molar-refractivity contribution in [3.8, 4) is 10.4 Å². The lowest BCUT2D eigenvalue weighted by Gasteiger charge is -2.18. The maximum atomic E-state index is 3.87. The van der Waals surface area contributed by atoms with Crippen LogP contribution in [-0.2, 0) is 6.42 Å². The Morgan fingerprint density at radius 1 is 0.667 bits per heavy atom. The summed E-state index contributed by atoms with van der Waals surface area (Å²) in [7, 11) is 0. The summed E-state index contributed by atoms with van der Waals surface area (Å²) in [4.78, 5) is 4.03. The van der Waals surface area contributed by atoms with Gasteiger partial charge < -0.3 is 5.32 Å². The van der Waals surface area contributed by atoms with Gasteiger partial charge >= 0.3 is 0 Å². The molecule has 6 rings (SSSR count). The van der Waals surface area contributed by atoms with Crippen molar-refractivity contribution in [1.29, 1.82) is 0 Å². The van der Waals surface area contributed by atoms with Gasteiger partial charge in [0.25, 0.3) is 0 Å². The van der Waals surface area contributed by atoms with Crippen LogP contribution in [0, 0.1) is 0 Å². The van der Waals surface area contributed by atoms with Crippen LogP contribution >= 0.6 is 23.1 Å². The van der Waals surface area contributed by atoms with Crippen molar-refractivity contribution in [3.63, 3.8) is 0 Å². The monoisotopic (exact) mass is 461 g/mol. The summed E-state index contributed by atoms with van der Waals surface area (Å²) in [5, 5.41) is 4.09. The minimum absolute atomic E-state index is 0.216. The standard InChI is InChI=1S/C30H23NS2/c1-4-12-21(13-5-1)20-26-28-27(30(33-26)23-16-8-3-9-17-23)29(22-14-6-2-7-15-22)32-25-19-11-10-18-24(25)31-28/h1-19,29,31H,20H2. The van der Waals surface area contributed by atoms with E-state index in [1.54, 1.807) is 0 Å². The van der Waals surface area contributed by atoms with Gasteiger partial charge in [-0.15, -0.1) is 23.1 Å². The average molecular weight is 462 g/mol. The number of thioether (sulfide) groups is 1. The van der Waals surface area contributed by atoms with Gasteiger partial charge in [0.15, 0.2) is 0 Å². The number of hydrogen-bond donors (Lipinski definition) is 1. The Hall–Kier alpha value is -3.27. The topological polar surface area (TPSA) is 12.0 Å². The lowest BCUT2D eigenvalue weighted by Crippen LogP contribution is -1.99. The molecule has 5 aromatic rings. The minimum atomic E-state index is 0.216. The Kier molecular flexibility index (Phi) is 5.51. The summed E-state index contributed by atoms with van der Waals surface area (Å²) in [6.45, 7) is 0. The molecule has 0 aliphatic carbocycles. The maximum absolute atomic E-state index is 3.87. The fourth-order valence-corrected chi connectivity index (χ4v) is 7.16. The summed E-state index contributed by atoms with van der Waals surface area (Å²) in [6.07, 6.45) is 0.919. The highest BCUT2D eigenvalue weighted by atomic mass is 32.2. The molecule has 160 valence electrons. The Bertz CT molecular complexity index is 1380. The van der Waals surface area contributed by atoms with Crippen molar-refractivity contribution < 1.29 is 0 Å². The minimum Gasteiger partial charge on any atom is -0.353 e. The van der Waals surface area contributed by atoms with E-state index in [2.05, 4.69) is 121 Å². The molecule has 3 heteroatoms. The van der Waals surface area contributed by atoms with E-state index in [-0.39, 0.29) is 5.25 Å². The van der Waals surface area contributed by atoms with Gasteiger partial charge in [-0.2, -0.15) is 0 Å². The van der Waals surface area contributed by atoms with Gasteiger partial charge in [0, 0.05) is 26.6 Å². The highest BCUT2D eigenvalue weighted by molar-refractivity contribution is 8.00. The van der Waals surface area contributed by atoms with E-state index < -0.39 is 0 Å². The highest BCUT2D eigenvalue weighted by Crippen LogP contribution is 2.56. The molecule has 0 amide bonds. The van der Waals surface area contributed by atoms with Crippen molar-refractivity contribution in [1.82, 2.24) is 0 Å². The van der Waals surface area contributed by atoms with Crippen molar-refractivity contribution in [3.05, 3.63) is 137 Å². The normalized spacial score (nSPS) is 14.6. The van der Waals surface area contributed by atoms with Gasteiger partial charge in [0.05, 0.1) is 16.6 Å². The van der Waals surface area contributed by atoms with Gasteiger partial charge in [0.1, 0.15) is 0 Å². The molecule has 33 heavy (non-hydrogen) atoms. The van der Waals surface area contributed by atoms with Crippen LogP contribution in [0.2, 0.25) is 0 Å². The van der Waals surface area contributed by atoms with Gasteiger partial charge in [-0.3, -0.25) is 0 Å². The van der Waals surface area contributed by atoms with E-state index in [1.165, 1.54) is 48.3 Å². The Morgan fingerprint density at radius 2 is 1.30 bits per heavy atom. The van der Waals surface area contributed by atoms with Crippen LogP contribution < -0.4 is 5.32 Å². The third kappa shape index (κ3) is 3.99. The summed E-state index contributed by atoms with van der Waals surface area (Å²) in [6, 6.07) is 41.3. The molecular weight excluding hydrogens is 438 g/mol. The third-order valence-corrected chi connectivity index (χ3v) is 8.63. The molecule has 1 nitrogen and oxygen atoms in total. The van der Waals surface area contributed by atoms with Gasteiger partial charge in [-0.1, -0.05) is 103 Å². The van der Waals surface area contributed by atoms with E-state index in [9.17, 15) is 0 Å². The van der Waals surface area contributed by atoms with Crippen LogP contribution in [0.3, 0.4) is 0 Å². The number of anilines is 2. The number of rotatable bonds is 4. The Balaban J connectivity index is 1.60. The van der Waals surface area contributed by atoms with E-state index in [1.807, 2.05) is 23.1 Å². The fourth-order valence-electron chi connectivity index (χ4n) is 4.45. The Labute approximate surface area is 203 Å². The second-order valence-electron chi connectivity index (χ2n) is 8.20. The van der Waals surface area contributed by atoms with Crippen LogP contribution in [0.1, 0.15) is 26.8 Å². The lowest BCUT2D eigenvalue weighted by atomic mass is 9.98. The van der Waals surface area contributed by atoms with Crippen LogP contribution in [0.15, 0.2) is 120 Å². The zero-order chi connectivity index (χ0) is 22.0. The second-order valence-corrected chi connectivity index (χ2v) is 10.5. The van der Waals surface area contributed by atoms with Crippen molar-refractivity contribution in [2.75, 3.05) is 5.32 Å². The molecule has 0 bridgehead atoms. The van der Waals surface area contributed by atoms with Gasteiger partial charge in [-0.05, 0) is 28.8 Å². The zero-order valence-electron chi connectivity index (χ0n) is 18.1. The quantitative estimate of drug-likeness (QED) is 0.287. The molecule has 1 aliphatic heterocycles. The number of thiophene rings is 1. The summed E-state index contributed by atoms with van der Waals surface area (Å²) in [5.74, 6) is 0. The molecule has 0 spiro atoms. The number of hydrogen-bond acceptors (Lipinski definition) is 3. The molecule has 0 saturated heterocycles. The first-order valence-corrected chi connectivity index (χ1v) is 12.9. The number of benzene rings is 4. The first-order chi connectivity index (χ1) is 16.4. The van der Waals surface area contributed by atoms with E-state index >= 15 is 0 Å². The van der Waals surface area contributed by atoms with E-state index in [0.717, 1.165) is 6.42 Å². The second kappa shape index (κ2) is 8.93. The fraction of sp³-hybridized carbons (Fsp3) is 0.0667. The number of nitrogens with one attached hydrogen (secondary N) is 1.